The number of rotatable bonds is 3. The van der Waals surface area contributed by atoms with Crippen molar-refractivity contribution in [3.05, 3.63) is 29.0 Å². The van der Waals surface area contributed by atoms with E-state index in [-0.39, 0.29) is 17.7 Å². The van der Waals surface area contributed by atoms with E-state index in [1.54, 1.807) is 14.0 Å². The molecule has 0 aliphatic rings. The number of nitrogens with one attached hydrogen (secondary N) is 1. The molecular weight excluding hydrogens is 247 g/mol. The van der Waals surface area contributed by atoms with Crippen molar-refractivity contribution < 1.29 is 14.3 Å². The summed E-state index contributed by atoms with van der Waals surface area (Å²) >= 11 is 5.77. The van der Waals surface area contributed by atoms with Crippen LogP contribution in [0.25, 0.3) is 0 Å². The zero-order chi connectivity index (χ0) is 13.0. The van der Waals surface area contributed by atoms with Crippen molar-refractivity contribution in [1.82, 2.24) is 4.90 Å². The number of halogens is 2. The van der Waals surface area contributed by atoms with Crippen LogP contribution in [0, 0.1) is 5.82 Å². The van der Waals surface area contributed by atoms with Crippen molar-refractivity contribution >= 4 is 23.3 Å². The first-order valence-corrected chi connectivity index (χ1v) is 5.43. The summed E-state index contributed by atoms with van der Waals surface area (Å²) in [6, 6.07) is 2.98. The number of amides is 2. The van der Waals surface area contributed by atoms with Crippen molar-refractivity contribution in [3.63, 3.8) is 0 Å². The molecule has 1 atom stereocenters. The van der Waals surface area contributed by atoms with E-state index < -0.39 is 11.8 Å². The maximum absolute atomic E-state index is 12.8. The van der Waals surface area contributed by atoms with Gasteiger partial charge in [-0.25, -0.2) is 9.18 Å². The molecule has 6 heteroatoms. The van der Waals surface area contributed by atoms with Gasteiger partial charge in [0.2, 0.25) is 0 Å². The topological polar surface area (TPSA) is 52.6 Å². The zero-order valence-corrected chi connectivity index (χ0v) is 10.3. The van der Waals surface area contributed by atoms with Crippen molar-refractivity contribution in [2.45, 2.75) is 13.0 Å². The molecule has 0 spiro atoms. The first kappa shape index (κ1) is 13.7. The average Bonchev–Trinajstić information content (AvgIpc) is 2.30. The third-order valence-electron chi connectivity index (χ3n) is 2.42. The van der Waals surface area contributed by atoms with Crippen molar-refractivity contribution in [2.75, 3.05) is 19.0 Å². The smallest absolute Gasteiger partial charge is 0.321 e. The summed E-state index contributed by atoms with van der Waals surface area (Å²) in [4.78, 5) is 13.0. The number of aliphatic hydroxyl groups is 1. The highest BCUT2D eigenvalue weighted by atomic mass is 35.5. The van der Waals surface area contributed by atoms with Crippen LogP contribution < -0.4 is 5.32 Å². The van der Waals surface area contributed by atoms with Crippen LogP contribution in [0.2, 0.25) is 5.02 Å². The van der Waals surface area contributed by atoms with Crippen LogP contribution in [0.5, 0.6) is 0 Å². The van der Waals surface area contributed by atoms with E-state index in [0.29, 0.717) is 5.69 Å². The van der Waals surface area contributed by atoms with E-state index in [1.165, 1.54) is 17.0 Å². The fourth-order valence-corrected chi connectivity index (χ4v) is 1.33. The van der Waals surface area contributed by atoms with Gasteiger partial charge in [0.1, 0.15) is 5.82 Å². The minimum Gasteiger partial charge on any atom is -0.394 e. The van der Waals surface area contributed by atoms with E-state index in [9.17, 15) is 9.18 Å². The summed E-state index contributed by atoms with van der Waals surface area (Å²) in [6.45, 7) is 1.56. The number of benzene rings is 1. The second kappa shape index (κ2) is 5.84. The van der Waals surface area contributed by atoms with E-state index in [4.69, 9.17) is 16.7 Å². The minimum atomic E-state index is -0.468. The Hall–Kier alpha value is -1.33. The molecule has 0 heterocycles. The van der Waals surface area contributed by atoms with Crippen LogP contribution in [-0.4, -0.2) is 35.7 Å². The quantitative estimate of drug-likeness (QED) is 0.876. The summed E-state index contributed by atoms with van der Waals surface area (Å²) in [5.41, 5.74) is 0.329. The minimum absolute atomic E-state index is 0.128. The first-order valence-electron chi connectivity index (χ1n) is 5.05. The van der Waals surface area contributed by atoms with Crippen LogP contribution in [-0.2, 0) is 0 Å². The molecule has 2 amide bonds. The van der Waals surface area contributed by atoms with Crippen molar-refractivity contribution in [3.8, 4) is 0 Å². The second-order valence-corrected chi connectivity index (χ2v) is 4.10. The third-order valence-corrected chi connectivity index (χ3v) is 2.73. The standard InChI is InChI=1S/C11H14ClFN2O2/c1-7(6-16)15(2)11(17)14-10-4-3-8(13)5-9(10)12/h3-5,7,16H,6H2,1-2H3,(H,14,17). The van der Waals surface area contributed by atoms with Crippen molar-refractivity contribution in [2.24, 2.45) is 0 Å². The Morgan fingerprint density at radius 1 is 1.65 bits per heavy atom. The molecule has 1 aromatic carbocycles. The van der Waals surface area contributed by atoms with Crippen LogP contribution >= 0.6 is 11.6 Å². The van der Waals surface area contributed by atoms with Gasteiger partial charge in [0.05, 0.1) is 23.4 Å². The highest BCUT2D eigenvalue weighted by molar-refractivity contribution is 6.33. The number of likely N-dealkylation sites (N-methyl/N-ethyl adjacent to an activating group) is 1. The molecule has 0 aliphatic carbocycles. The number of hydrogen-bond donors (Lipinski definition) is 2. The highest BCUT2D eigenvalue weighted by Gasteiger charge is 2.15. The zero-order valence-electron chi connectivity index (χ0n) is 9.58. The van der Waals surface area contributed by atoms with Gasteiger partial charge in [-0.15, -0.1) is 0 Å². The number of hydrogen-bond acceptors (Lipinski definition) is 2. The second-order valence-electron chi connectivity index (χ2n) is 3.70. The molecule has 0 saturated heterocycles. The molecule has 0 aliphatic heterocycles. The molecule has 2 N–H and O–H groups in total. The number of nitrogens with zero attached hydrogens (tertiary/aromatic N) is 1. The van der Waals surface area contributed by atoms with Gasteiger partial charge in [0, 0.05) is 7.05 Å². The molecule has 0 radical (unpaired) electrons. The van der Waals surface area contributed by atoms with Gasteiger partial charge in [-0.2, -0.15) is 0 Å². The summed E-state index contributed by atoms with van der Waals surface area (Å²) in [5, 5.41) is 11.6. The first-order chi connectivity index (χ1) is 7.95. The number of anilines is 1. The number of carbonyl (C=O) groups excluding carboxylic acids is 1. The Bertz CT molecular complexity index is 414. The lowest BCUT2D eigenvalue weighted by atomic mass is 10.3. The number of aliphatic hydroxyl groups excluding tert-OH is 1. The third kappa shape index (κ3) is 3.57. The van der Waals surface area contributed by atoms with E-state index in [1.807, 2.05) is 0 Å². The van der Waals surface area contributed by atoms with E-state index in [0.717, 1.165) is 6.07 Å². The number of carbonyl (C=O) groups is 1. The molecule has 17 heavy (non-hydrogen) atoms. The Labute approximate surface area is 104 Å². The number of urea groups is 1. The van der Waals surface area contributed by atoms with Crippen LogP contribution in [0.3, 0.4) is 0 Å². The maximum Gasteiger partial charge on any atom is 0.321 e. The van der Waals surface area contributed by atoms with Gasteiger partial charge in [0.25, 0.3) is 0 Å². The predicted molar refractivity (Wildman–Crippen MR) is 64.7 cm³/mol. The lowest BCUT2D eigenvalue weighted by Crippen LogP contribution is -2.40. The van der Waals surface area contributed by atoms with Gasteiger partial charge in [0.15, 0.2) is 0 Å². The molecule has 0 aromatic heterocycles. The molecule has 1 rings (SSSR count). The summed E-state index contributed by atoms with van der Waals surface area (Å²) in [5.74, 6) is -0.468. The van der Waals surface area contributed by atoms with Gasteiger partial charge in [-0.3, -0.25) is 0 Å². The molecule has 1 unspecified atom stereocenters. The Balaban J connectivity index is 2.74. The van der Waals surface area contributed by atoms with Crippen molar-refractivity contribution in [1.29, 1.82) is 0 Å². The fourth-order valence-electron chi connectivity index (χ4n) is 1.12. The fraction of sp³-hybridized carbons (Fsp3) is 0.364. The lowest BCUT2D eigenvalue weighted by Gasteiger charge is -2.23. The summed E-state index contributed by atoms with van der Waals surface area (Å²) in [7, 11) is 1.55. The molecule has 0 bridgehead atoms. The molecule has 0 saturated carbocycles. The maximum atomic E-state index is 12.8. The SMILES string of the molecule is CC(CO)N(C)C(=O)Nc1ccc(F)cc1Cl. The monoisotopic (exact) mass is 260 g/mol. The summed E-state index contributed by atoms with van der Waals surface area (Å²) in [6.07, 6.45) is 0. The van der Waals surface area contributed by atoms with Gasteiger partial charge in [-0.05, 0) is 25.1 Å². The van der Waals surface area contributed by atoms with Crippen LogP contribution in [0.4, 0.5) is 14.9 Å². The van der Waals surface area contributed by atoms with Crippen LogP contribution in [0.15, 0.2) is 18.2 Å². The van der Waals surface area contributed by atoms with Gasteiger partial charge < -0.3 is 15.3 Å². The average molecular weight is 261 g/mol. The van der Waals surface area contributed by atoms with Crippen LogP contribution in [0.1, 0.15) is 6.92 Å². The van der Waals surface area contributed by atoms with Gasteiger partial charge in [-0.1, -0.05) is 11.6 Å². The summed E-state index contributed by atoms with van der Waals surface area (Å²) < 4.78 is 12.8. The molecule has 4 nitrogen and oxygen atoms in total. The Kier molecular flexibility index (Phi) is 4.72. The molecule has 0 fully saturated rings. The Morgan fingerprint density at radius 3 is 2.82 bits per heavy atom. The van der Waals surface area contributed by atoms with Gasteiger partial charge >= 0.3 is 6.03 Å². The molecule has 94 valence electrons. The normalized spacial score (nSPS) is 12.1. The predicted octanol–water partition coefficient (Wildman–Crippen LogP) is 2.32. The largest absolute Gasteiger partial charge is 0.394 e. The van der Waals surface area contributed by atoms with E-state index in [2.05, 4.69) is 5.32 Å². The lowest BCUT2D eigenvalue weighted by molar-refractivity contribution is 0.166. The van der Waals surface area contributed by atoms with E-state index >= 15 is 0 Å². The Morgan fingerprint density at radius 2 is 2.29 bits per heavy atom. The molecular formula is C11H14ClFN2O2. The molecule has 1 aromatic rings. The highest BCUT2D eigenvalue weighted by Crippen LogP contribution is 2.22.